The topological polar surface area (TPSA) is 82.6 Å². The molecule has 0 radical (unpaired) electrons. The van der Waals surface area contributed by atoms with Gasteiger partial charge >= 0.3 is 0 Å². The Hall–Kier alpha value is -3.54. The number of para-hydroxylation sites is 1. The number of aliphatic hydroxyl groups is 1. The minimum absolute atomic E-state index is 0.0107. The zero-order chi connectivity index (χ0) is 22.1. The third kappa shape index (κ3) is 3.69. The molecule has 2 N–H and O–H groups in total. The largest absolute Gasteiger partial charge is 0.507 e. The van der Waals surface area contributed by atoms with Crippen molar-refractivity contribution >= 4 is 28.4 Å². The van der Waals surface area contributed by atoms with Crippen LogP contribution < -0.4 is 4.74 Å². The van der Waals surface area contributed by atoms with Crippen molar-refractivity contribution in [3.63, 3.8) is 0 Å². The van der Waals surface area contributed by atoms with Crippen LogP contribution in [0.5, 0.6) is 5.75 Å². The number of likely N-dealkylation sites (tertiary alicyclic amines) is 1. The van der Waals surface area contributed by atoms with E-state index in [1.165, 1.54) is 4.90 Å². The third-order valence-electron chi connectivity index (χ3n) is 5.39. The second kappa shape index (κ2) is 8.30. The van der Waals surface area contributed by atoms with Gasteiger partial charge in [0.2, 0.25) is 0 Å². The molecule has 1 aliphatic heterocycles. The van der Waals surface area contributed by atoms with Crippen LogP contribution >= 0.6 is 0 Å². The van der Waals surface area contributed by atoms with E-state index in [0.717, 1.165) is 16.5 Å². The lowest BCUT2D eigenvalue weighted by Gasteiger charge is -2.25. The highest BCUT2D eigenvalue weighted by Gasteiger charge is 2.46. The first-order valence-corrected chi connectivity index (χ1v) is 10.5. The maximum Gasteiger partial charge on any atom is 0.295 e. The maximum absolute atomic E-state index is 13.1. The van der Waals surface area contributed by atoms with Crippen molar-refractivity contribution in [3.8, 4) is 5.75 Å². The minimum atomic E-state index is -0.677. The Labute approximate surface area is 181 Å². The first-order valence-electron chi connectivity index (χ1n) is 10.5. The molecule has 0 bridgehead atoms. The molecule has 6 heteroatoms. The zero-order valence-electron chi connectivity index (χ0n) is 17.9. The molecule has 160 valence electrons. The Morgan fingerprint density at radius 1 is 1.16 bits per heavy atom. The van der Waals surface area contributed by atoms with Gasteiger partial charge in [0.25, 0.3) is 11.7 Å². The van der Waals surface area contributed by atoms with E-state index in [0.29, 0.717) is 24.3 Å². The lowest BCUT2D eigenvalue weighted by atomic mass is 9.95. The molecular weight excluding hydrogens is 392 g/mol. The Bertz CT molecular complexity index is 1170. The summed E-state index contributed by atoms with van der Waals surface area (Å²) in [6, 6.07) is 14.2. The molecule has 1 unspecified atom stereocenters. The van der Waals surface area contributed by atoms with E-state index in [-0.39, 0.29) is 17.4 Å². The van der Waals surface area contributed by atoms with E-state index in [4.69, 9.17) is 4.74 Å². The molecule has 0 spiro atoms. The van der Waals surface area contributed by atoms with Crippen molar-refractivity contribution in [3.05, 3.63) is 71.4 Å². The summed E-state index contributed by atoms with van der Waals surface area (Å²) in [5.41, 5.74) is 2.18. The molecule has 0 saturated carbocycles. The number of ether oxygens (including phenoxy) is 1. The number of nitrogens with one attached hydrogen (secondary N) is 1. The quantitative estimate of drug-likeness (QED) is 0.343. The molecule has 1 saturated heterocycles. The lowest BCUT2D eigenvalue weighted by molar-refractivity contribution is -0.139. The van der Waals surface area contributed by atoms with Gasteiger partial charge in [0.05, 0.1) is 17.7 Å². The normalized spacial score (nSPS) is 18.3. The summed E-state index contributed by atoms with van der Waals surface area (Å²) in [5.74, 6) is -0.781. The second-order valence-electron chi connectivity index (χ2n) is 7.98. The highest BCUT2D eigenvalue weighted by molar-refractivity contribution is 6.46. The second-order valence-corrected chi connectivity index (χ2v) is 7.98. The van der Waals surface area contributed by atoms with E-state index in [2.05, 4.69) is 4.98 Å². The van der Waals surface area contributed by atoms with Crippen LogP contribution in [0.1, 0.15) is 44.4 Å². The zero-order valence-corrected chi connectivity index (χ0v) is 17.9. The van der Waals surface area contributed by atoms with Gasteiger partial charge in [-0.1, -0.05) is 37.3 Å². The standard InChI is InChI=1S/C25H26N2O4/c1-4-12-27-22(16-8-7-9-17(13-16)31-15(2)3)21(24(29)25(27)30)23(28)19-14-26-20-11-6-5-10-18(19)20/h5-11,13-15,22,26,28H,4,12H2,1-3H3/b23-21-. The molecule has 31 heavy (non-hydrogen) atoms. The van der Waals surface area contributed by atoms with E-state index >= 15 is 0 Å². The SMILES string of the molecule is CCCN1C(=O)C(=O)/C(=C(\O)c2c[nH]c3ccccc23)C1c1cccc(OC(C)C)c1. The number of rotatable bonds is 6. The number of nitrogens with zero attached hydrogens (tertiary/aromatic N) is 1. The van der Waals surface area contributed by atoms with Crippen LogP contribution in [0.15, 0.2) is 60.3 Å². The molecule has 2 heterocycles. The Morgan fingerprint density at radius 3 is 2.68 bits per heavy atom. The Morgan fingerprint density at radius 2 is 1.94 bits per heavy atom. The summed E-state index contributed by atoms with van der Waals surface area (Å²) in [4.78, 5) is 30.6. The average molecular weight is 418 g/mol. The predicted octanol–water partition coefficient (Wildman–Crippen LogP) is 4.79. The number of hydrogen-bond donors (Lipinski definition) is 2. The van der Waals surface area contributed by atoms with Gasteiger partial charge in [-0.25, -0.2) is 0 Å². The van der Waals surface area contributed by atoms with Gasteiger partial charge in [0, 0.05) is 29.2 Å². The molecule has 1 aliphatic rings. The number of aromatic amines is 1. The number of Topliss-reactive ketones (excluding diaryl/α,β-unsaturated/α-hetero) is 1. The number of carbonyl (C=O) groups excluding carboxylic acids is 2. The summed E-state index contributed by atoms with van der Waals surface area (Å²) in [7, 11) is 0. The number of benzene rings is 2. The number of fused-ring (bicyclic) bond motifs is 1. The van der Waals surface area contributed by atoms with Crippen LogP contribution in [0.4, 0.5) is 0 Å². The molecule has 1 aromatic heterocycles. The van der Waals surface area contributed by atoms with Gasteiger partial charge in [-0.3, -0.25) is 9.59 Å². The van der Waals surface area contributed by atoms with Crippen LogP contribution in [-0.2, 0) is 9.59 Å². The van der Waals surface area contributed by atoms with Crippen molar-refractivity contribution in [1.82, 2.24) is 9.88 Å². The fraction of sp³-hybridized carbons (Fsp3) is 0.280. The monoisotopic (exact) mass is 418 g/mol. The van der Waals surface area contributed by atoms with Crippen LogP contribution in [-0.4, -0.2) is 39.3 Å². The number of amides is 1. The number of ketones is 1. The molecular formula is C25H26N2O4. The summed E-state index contributed by atoms with van der Waals surface area (Å²) < 4.78 is 5.82. The summed E-state index contributed by atoms with van der Waals surface area (Å²) >= 11 is 0. The molecule has 2 aromatic carbocycles. The predicted molar refractivity (Wildman–Crippen MR) is 120 cm³/mol. The van der Waals surface area contributed by atoms with E-state index in [1.54, 1.807) is 6.20 Å². The van der Waals surface area contributed by atoms with Gasteiger partial charge < -0.3 is 19.7 Å². The first kappa shape index (κ1) is 20.7. The van der Waals surface area contributed by atoms with E-state index in [1.807, 2.05) is 69.3 Å². The number of aliphatic hydroxyl groups excluding tert-OH is 1. The molecule has 6 nitrogen and oxygen atoms in total. The average Bonchev–Trinajstić information content (AvgIpc) is 3.28. The van der Waals surface area contributed by atoms with Crippen molar-refractivity contribution in [2.45, 2.75) is 39.3 Å². The van der Waals surface area contributed by atoms with Gasteiger partial charge in [-0.15, -0.1) is 0 Å². The van der Waals surface area contributed by atoms with Crippen LogP contribution in [0.2, 0.25) is 0 Å². The van der Waals surface area contributed by atoms with Gasteiger partial charge in [0.15, 0.2) is 0 Å². The fourth-order valence-electron chi connectivity index (χ4n) is 4.14. The van der Waals surface area contributed by atoms with Crippen molar-refractivity contribution < 1.29 is 19.4 Å². The van der Waals surface area contributed by atoms with Crippen LogP contribution in [0.3, 0.4) is 0 Å². The third-order valence-corrected chi connectivity index (χ3v) is 5.39. The molecule has 4 rings (SSSR count). The van der Waals surface area contributed by atoms with Crippen LogP contribution in [0, 0.1) is 0 Å². The van der Waals surface area contributed by atoms with Gasteiger partial charge in [-0.2, -0.15) is 0 Å². The molecule has 1 fully saturated rings. The molecule has 0 aliphatic carbocycles. The minimum Gasteiger partial charge on any atom is -0.507 e. The molecule has 1 atom stereocenters. The molecule has 1 amide bonds. The Kier molecular flexibility index (Phi) is 5.55. The maximum atomic E-state index is 13.1. The van der Waals surface area contributed by atoms with Crippen molar-refractivity contribution in [2.24, 2.45) is 0 Å². The highest BCUT2D eigenvalue weighted by Crippen LogP contribution is 2.41. The smallest absolute Gasteiger partial charge is 0.295 e. The summed E-state index contributed by atoms with van der Waals surface area (Å²) in [5, 5.41) is 12.0. The summed E-state index contributed by atoms with van der Waals surface area (Å²) in [6.45, 7) is 6.24. The number of carbonyl (C=O) groups is 2. The Balaban J connectivity index is 1.89. The van der Waals surface area contributed by atoms with Crippen LogP contribution in [0.25, 0.3) is 16.7 Å². The summed E-state index contributed by atoms with van der Waals surface area (Å²) in [6.07, 6.45) is 2.35. The van der Waals surface area contributed by atoms with E-state index in [9.17, 15) is 14.7 Å². The molecule has 3 aromatic rings. The number of hydrogen-bond acceptors (Lipinski definition) is 4. The van der Waals surface area contributed by atoms with Crippen molar-refractivity contribution in [1.29, 1.82) is 0 Å². The van der Waals surface area contributed by atoms with Gasteiger partial charge in [0.1, 0.15) is 11.5 Å². The number of aromatic nitrogens is 1. The van der Waals surface area contributed by atoms with E-state index < -0.39 is 17.7 Å². The first-order chi connectivity index (χ1) is 14.9. The van der Waals surface area contributed by atoms with Gasteiger partial charge in [-0.05, 0) is 44.0 Å². The fourth-order valence-corrected chi connectivity index (χ4v) is 4.14. The highest BCUT2D eigenvalue weighted by atomic mass is 16.5. The lowest BCUT2D eigenvalue weighted by Crippen LogP contribution is -2.30. The number of H-pyrrole nitrogens is 1. The van der Waals surface area contributed by atoms with Crippen molar-refractivity contribution in [2.75, 3.05) is 6.54 Å².